The van der Waals surface area contributed by atoms with E-state index < -0.39 is 5.97 Å². The molecule has 0 atom stereocenters. The van der Waals surface area contributed by atoms with Gasteiger partial charge in [0, 0.05) is 0 Å². The SMILES string of the molecule is C=CCOC(=O)/C(=C/CCCCCCCCCCC)C(C)=O. The summed E-state index contributed by atoms with van der Waals surface area (Å²) in [4.78, 5) is 23.1. The van der Waals surface area contributed by atoms with Crippen molar-refractivity contribution in [1.82, 2.24) is 0 Å². The lowest BCUT2D eigenvalue weighted by Crippen LogP contribution is -2.13. The predicted molar refractivity (Wildman–Crippen MR) is 91.8 cm³/mol. The first-order valence-electron chi connectivity index (χ1n) is 8.62. The number of hydrogen-bond acceptors (Lipinski definition) is 3. The van der Waals surface area contributed by atoms with Crippen LogP contribution in [-0.2, 0) is 14.3 Å². The first-order valence-corrected chi connectivity index (χ1v) is 8.62. The zero-order chi connectivity index (χ0) is 16.6. The third kappa shape index (κ3) is 11.3. The molecular formula is C19H32O3. The predicted octanol–water partition coefficient (Wildman–Crippen LogP) is 5.15. The smallest absolute Gasteiger partial charge is 0.341 e. The van der Waals surface area contributed by atoms with Gasteiger partial charge in [0.05, 0.1) is 5.57 Å². The van der Waals surface area contributed by atoms with E-state index in [0.29, 0.717) is 0 Å². The van der Waals surface area contributed by atoms with Crippen LogP contribution < -0.4 is 0 Å². The van der Waals surface area contributed by atoms with Crippen molar-refractivity contribution in [2.75, 3.05) is 6.61 Å². The normalized spacial score (nSPS) is 11.3. The molecule has 22 heavy (non-hydrogen) atoms. The molecule has 0 heterocycles. The van der Waals surface area contributed by atoms with Crippen molar-refractivity contribution in [2.45, 2.75) is 78.1 Å². The molecule has 0 spiro atoms. The lowest BCUT2D eigenvalue weighted by Gasteiger charge is -2.04. The van der Waals surface area contributed by atoms with Crippen molar-refractivity contribution < 1.29 is 14.3 Å². The van der Waals surface area contributed by atoms with Gasteiger partial charge >= 0.3 is 5.97 Å². The Labute approximate surface area is 135 Å². The molecule has 3 nitrogen and oxygen atoms in total. The van der Waals surface area contributed by atoms with E-state index in [9.17, 15) is 9.59 Å². The van der Waals surface area contributed by atoms with E-state index in [4.69, 9.17) is 4.74 Å². The highest BCUT2D eigenvalue weighted by molar-refractivity contribution is 6.16. The van der Waals surface area contributed by atoms with Crippen LogP contribution in [0.5, 0.6) is 0 Å². The number of rotatable bonds is 14. The first kappa shape index (κ1) is 20.6. The van der Waals surface area contributed by atoms with Crippen LogP contribution in [-0.4, -0.2) is 18.4 Å². The summed E-state index contributed by atoms with van der Waals surface area (Å²) in [6.07, 6.45) is 15.3. The van der Waals surface area contributed by atoms with Gasteiger partial charge in [-0.3, -0.25) is 4.79 Å². The van der Waals surface area contributed by atoms with Crippen LogP contribution in [0.2, 0.25) is 0 Å². The number of ketones is 1. The Hall–Kier alpha value is -1.38. The molecule has 0 fully saturated rings. The molecule has 0 unspecified atom stereocenters. The van der Waals surface area contributed by atoms with Gasteiger partial charge in [0.1, 0.15) is 6.61 Å². The summed E-state index contributed by atoms with van der Waals surface area (Å²) < 4.78 is 4.91. The Kier molecular flexibility index (Phi) is 13.6. The van der Waals surface area contributed by atoms with Crippen LogP contribution >= 0.6 is 0 Å². The molecule has 0 radical (unpaired) electrons. The number of esters is 1. The largest absolute Gasteiger partial charge is 0.458 e. The minimum Gasteiger partial charge on any atom is -0.458 e. The van der Waals surface area contributed by atoms with Gasteiger partial charge in [-0.15, -0.1) is 0 Å². The average molecular weight is 308 g/mol. The molecule has 0 amide bonds. The fourth-order valence-electron chi connectivity index (χ4n) is 2.28. The maximum absolute atomic E-state index is 11.7. The topological polar surface area (TPSA) is 43.4 Å². The maximum atomic E-state index is 11.7. The van der Waals surface area contributed by atoms with E-state index in [1.54, 1.807) is 6.08 Å². The fraction of sp³-hybridized carbons (Fsp3) is 0.684. The minimum absolute atomic E-state index is 0.140. The summed E-state index contributed by atoms with van der Waals surface area (Å²) in [6, 6.07) is 0. The molecule has 126 valence electrons. The molecule has 0 aliphatic rings. The molecule has 0 aliphatic carbocycles. The number of allylic oxidation sites excluding steroid dienone is 1. The van der Waals surface area contributed by atoms with Crippen molar-refractivity contribution >= 4 is 11.8 Å². The molecule has 0 rings (SSSR count). The van der Waals surface area contributed by atoms with Crippen molar-refractivity contribution in [3.8, 4) is 0 Å². The number of ether oxygens (including phenoxy) is 1. The molecule has 0 saturated carbocycles. The molecule has 0 aliphatic heterocycles. The van der Waals surface area contributed by atoms with E-state index in [1.165, 1.54) is 57.9 Å². The van der Waals surface area contributed by atoms with Gasteiger partial charge < -0.3 is 4.74 Å². The van der Waals surface area contributed by atoms with E-state index in [2.05, 4.69) is 13.5 Å². The van der Waals surface area contributed by atoms with Crippen LogP contribution in [0.1, 0.15) is 78.1 Å². The van der Waals surface area contributed by atoms with E-state index in [-0.39, 0.29) is 18.0 Å². The fourth-order valence-corrected chi connectivity index (χ4v) is 2.28. The molecule has 0 saturated heterocycles. The van der Waals surface area contributed by atoms with Crippen LogP contribution in [0.3, 0.4) is 0 Å². The Bertz CT molecular complexity index is 356. The van der Waals surface area contributed by atoms with Crippen LogP contribution in [0.25, 0.3) is 0 Å². The van der Waals surface area contributed by atoms with Gasteiger partial charge in [-0.25, -0.2) is 4.79 Å². The zero-order valence-corrected chi connectivity index (χ0v) is 14.4. The molecular weight excluding hydrogens is 276 g/mol. The summed E-state index contributed by atoms with van der Waals surface area (Å²) in [5, 5.41) is 0. The number of Topliss-reactive ketones (excluding diaryl/α,β-unsaturated/α-hetero) is 1. The highest BCUT2D eigenvalue weighted by Crippen LogP contribution is 2.12. The van der Waals surface area contributed by atoms with Crippen molar-refractivity contribution in [3.63, 3.8) is 0 Å². The average Bonchev–Trinajstić information content (AvgIpc) is 2.50. The Morgan fingerprint density at radius 1 is 0.955 bits per heavy atom. The van der Waals surface area contributed by atoms with E-state index >= 15 is 0 Å². The number of carbonyl (C=O) groups excluding carboxylic acids is 2. The van der Waals surface area contributed by atoms with Gasteiger partial charge in [-0.1, -0.05) is 77.0 Å². The third-order valence-corrected chi connectivity index (χ3v) is 3.59. The number of carbonyl (C=O) groups is 2. The Balaban J connectivity index is 3.80. The Morgan fingerprint density at radius 3 is 2.00 bits per heavy atom. The van der Waals surface area contributed by atoms with Crippen molar-refractivity contribution in [2.24, 2.45) is 0 Å². The van der Waals surface area contributed by atoms with Crippen molar-refractivity contribution in [1.29, 1.82) is 0 Å². The Morgan fingerprint density at radius 2 is 1.50 bits per heavy atom. The molecule has 0 aromatic rings. The standard InChI is InChI=1S/C19H32O3/c1-4-6-7-8-9-10-11-12-13-14-15-18(17(3)20)19(21)22-16-5-2/h5,15H,2,4,6-14,16H2,1,3H3/b18-15+. The summed E-state index contributed by atoms with van der Waals surface area (Å²) in [5.41, 5.74) is 0.168. The third-order valence-electron chi connectivity index (χ3n) is 3.59. The van der Waals surface area contributed by atoms with Gasteiger partial charge in [0.15, 0.2) is 5.78 Å². The zero-order valence-electron chi connectivity index (χ0n) is 14.4. The second kappa shape index (κ2) is 14.6. The summed E-state index contributed by atoms with van der Waals surface area (Å²) in [6.45, 7) is 7.26. The molecule has 0 bridgehead atoms. The van der Waals surface area contributed by atoms with Crippen LogP contribution in [0, 0.1) is 0 Å². The molecule has 3 heteroatoms. The summed E-state index contributed by atoms with van der Waals surface area (Å²) >= 11 is 0. The first-order chi connectivity index (χ1) is 10.6. The van der Waals surface area contributed by atoms with Crippen molar-refractivity contribution in [3.05, 3.63) is 24.3 Å². The second-order valence-electron chi connectivity index (χ2n) is 5.68. The number of unbranched alkanes of at least 4 members (excludes halogenated alkanes) is 9. The van der Waals surface area contributed by atoms with Crippen LogP contribution in [0.4, 0.5) is 0 Å². The van der Waals surface area contributed by atoms with Gasteiger partial charge in [0.25, 0.3) is 0 Å². The maximum Gasteiger partial charge on any atom is 0.341 e. The van der Waals surface area contributed by atoms with E-state index in [1.807, 2.05) is 0 Å². The summed E-state index contributed by atoms with van der Waals surface area (Å²) in [5.74, 6) is -0.770. The van der Waals surface area contributed by atoms with Gasteiger partial charge in [-0.05, 0) is 19.8 Å². The van der Waals surface area contributed by atoms with E-state index in [0.717, 1.165) is 19.3 Å². The minimum atomic E-state index is -0.539. The lowest BCUT2D eigenvalue weighted by molar-refractivity contribution is -0.139. The number of hydrogen-bond donors (Lipinski definition) is 0. The lowest BCUT2D eigenvalue weighted by atomic mass is 10.1. The molecule has 0 N–H and O–H groups in total. The highest BCUT2D eigenvalue weighted by atomic mass is 16.5. The van der Waals surface area contributed by atoms with Crippen LogP contribution in [0.15, 0.2) is 24.3 Å². The second-order valence-corrected chi connectivity index (χ2v) is 5.68. The summed E-state index contributed by atoms with van der Waals surface area (Å²) in [7, 11) is 0. The van der Waals surface area contributed by atoms with Gasteiger partial charge in [-0.2, -0.15) is 0 Å². The van der Waals surface area contributed by atoms with Gasteiger partial charge in [0.2, 0.25) is 0 Å². The monoisotopic (exact) mass is 308 g/mol. The highest BCUT2D eigenvalue weighted by Gasteiger charge is 2.14. The molecule has 0 aromatic carbocycles. The quantitative estimate of drug-likeness (QED) is 0.111. The molecule has 0 aromatic heterocycles.